The molecule has 2 atom stereocenters. The van der Waals surface area contributed by atoms with Crippen molar-refractivity contribution in [3.8, 4) is 0 Å². The summed E-state index contributed by atoms with van der Waals surface area (Å²) in [6.07, 6.45) is 5.43. The van der Waals surface area contributed by atoms with Gasteiger partial charge in [0.2, 0.25) is 0 Å². The zero-order valence-electron chi connectivity index (χ0n) is 14.5. The lowest BCUT2D eigenvalue weighted by molar-refractivity contribution is 0.0658. The van der Waals surface area contributed by atoms with Crippen LogP contribution in [0, 0.1) is 5.92 Å². The van der Waals surface area contributed by atoms with Crippen LogP contribution in [0.4, 0.5) is 0 Å². The molecule has 0 saturated carbocycles. The minimum absolute atomic E-state index is 0.0168. The first-order valence-corrected chi connectivity index (χ1v) is 8.79. The number of carbonyl (C=O) groups is 1. The molecule has 2 bridgehead atoms. The zero-order chi connectivity index (χ0) is 17.6. The first-order valence-electron chi connectivity index (χ1n) is 8.79. The molecule has 1 fully saturated rings. The van der Waals surface area contributed by atoms with E-state index in [0.29, 0.717) is 31.1 Å². The molecule has 4 heterocycles. The van der Waals surface area contributed by atoms with Crippen molar-refractivity contribution >= 4 is 5.91 Å². The van der Waals surface area contributed by atoms with E-state index in [9.17, 15) is 9.59 Å². The first-order chi connectivity index (χ1) is 12.0. The van der Waals surface area contributed by atoms with Gasteiger partial charge in [0, 0.05) is 31.7 Å². The molecule has 4 rings (SSSR count). The highest BCUT2D eigenvalue weighted by Gasteiger charge is 2.41. The minimum atomic E-state index is -0.0804. The Morgan fingerprint density at radius 3 is 2.84 bits per heavy atom. The fourth-order valence-corrected chi connectivity index (χ4v) is 3.93. The van der Waals surface area contributed by atoms with Crippen molar-refractivity contribution in [3.05, 3.63) is 40.6 Å². The second kappa shape index (κ2) is 6.09. The van der Waals surface area contributed by atoms with Crippen molar-refractivity contribution in [2.45, 2.75) is 58.3 Å². The molecule has 25 heavy (non-hydrogen) atoms. The van der Waals surface area contributed by atoms with Crippen LogP contribution >= 0.6 is 0 Å². The molecule has 8 nitrogen and oxygen atoms in total. The van der Waals surface area contributed by atoms with Crippen LogP contribution in [0.2, 0.25) is 0 Å². The van der Waals surface area contributed by atoms with Gasteiger partial charge in [-0.2, -0.15) is 5.10 Å². The highest BCUT2D eigenvalue weighted by atomic mass is 16.2. The van der Waals surface area contributed by atoms with Crippen molar-refractivity contribution in [1.82, 2.24) is 29.2 Å². The summed E-state index contributed by atoms with van der Waals surface area (Å²) in [6, 6.07) is 1.73. The van der Waals surface area contributed by atoms with Gasteiger partial charge in [0.05, 0.1) is 6.04 Å². The molecule has 0 radical (unpaired) electrons. The van der Waals surface area contributed by atoms with Crippen molar-refractivity contribution in [2.24, 2.45) is 5.92 Å². The lowest BCUT2D eigenvalue weighted by Gasteiger charge is -2.27. The SMILES string of the molecule is CC(C)Cn1nc2n(c1=O)CC1CCC(C2)N1C(=O)c1ccncn1. The number of nitrogens with zero attached hydrogens (tertiary/aromatic N) is 6. The van der Waals surface area contributed by atoms with Crippen molar-refractivity contribution in [1.29, 1.82) is 0 Å². The van der Waals surface area contributed by atoms with Crippen LogP contribution in [0.3, 0.4) is 0 Å². The average molecular weight is 342 g/mol. The van der Waals surface area contributed by atoms with E-state index in [1.165, 1.54) is 6.33 Å². The summed E-state index contributed by atoms with van der Waals surface area (Å²) in [5.41, 5.74) is 0.342. The molecule has 1 amide bonds. The Kier molecular flexibility index (Phi) is 3.89. The molecule has 2 unspecified atom stereocenters. The molecule has 2 aliphatic rings. The van der Waals surface area contributed by atoms with Gasteiger partial charge in [-0.25, -0.2) is 19.4 Å². The van der Waals surface area contributed by atoms with Crippen LogP contribution in [0.15, 0.2) is 23.4 Å². The fourth-order valence-electron chi connectivity index (χ4n) is 3.93. The van der Waals surface area contributed by atoms with Gasteiger partial charge in [0.25, 0.3) is 5.91 Å². The van der Waals surface area contributed by atoms with E-state index in [0.717, 1.165) is 18.7 Å². The third-order valence-corrected chi connectivity index (χ3v) is 5.00. The number of hydrogen-bond donors (Lipinski definition) is 0. The van der Waals surface area contributed by atoms with E-state index in [2.05, 4.69) is 28.9 Å². The van der Waals surface area contributed by atoms with Gasteiger partial charge in [0.15, 0.2) is 0 Å². The Labute approximate surface area is 145 Å². The summed E-state index contributed by atoms with van der Waals surface area (Å²) in [5, 5.41) is 4.54. The van der Waals surface area contributed by atoms with Crippen molar-refractivity contribution in [3.63, 3.8) is 0 Å². The Balaban J connectivity index is 1.64. The topological polar surface area (TPSA) is 85.9 Å². The monoisotopic (exact) mass is 342 g/mol. The van der Waals surface area contributed by atoms with Gasteiger partial charge in [-0.3, -0.25) is 9.36 Å². The lowest BCUT2D eigenvalue weighted by atomic mass is 10.1. The van der Waals surface area contributed by atoms with E-state index in [-0.39, 0.29) is 23.7 Å². The van der Waals surface area contributed by atoms with Gasteiger partial charge in [-0.05, 0) is 24.8 Å². The summed E-state index contributed by atoms with van der Waals surface area (Å²) in [7, 11) is 0. The fraction of sp³-hybridized carbons (Fsp3) is 0.588. The van der Waals surface area contributed by atoms with Crippen LogP contribution in [0.5, 0.6) is 0 Å². The van der Waals surface area contributed by atoms with Crippen LogP contribution < -0.4 is 5.69 Å². The summed E-state index contributed by atoms with van der Waals surface area (Å²) in [5.74, 6) is 1.07. The summed E-state index contributed by atoms with van der Waals surface area (Å²) in [4.78, 5) is 35.4. The molecular formula is C17H22N6O2. The average Bonchev–Trinajstić information content (AvgIpc) is 3.04. The van der Waals surface area contributed by atoms with Gasteiger partial charge < -0.3 is 4.90 Å². The third kappa shape index (κ3) is 2.75. The van der Waals surface area contributed by atoms with Gasteiger partial charge in [-0.1, -0.05) is 13.8 Å². The predicted molar refractivity (Wildman–Crippen MR) is 90.0 cm³/mol. The molecule has 1 saturated heterocycles. The summed E-state index contributed by atoms with van der Waals surface area (Å²) in [6.45, 7) is 5.28. The van der Waals surface area contributed by atoms with E-state index >= 15 is 0 Å². The molecular weight excluding hydrogens is 320 g/mol. The van der Waals surface area contributed by atoms with E-state index < -0.39 is 0 Å². The summed E-state index contributed by atoms with van der Waals surface area (Å²) < 4.78 is 3.33. The predicted octanol–water partition coefficient (Wildman–Crippen LogP) is 0.720. The van der Waals surface area contributed by atoms with Gasteiger partial charge in [-0.15, -0.1) is 0 Å². The lowest BCUT2D eigenvalue weighted by Crippen LogP contribution is -2.43. The van der Waals surface area contributed by atoms with E-state index in [1.54, 1.807) is 21.5 Å². The summed E-state index contributed by atoms with van der Waals surface area (Å²) >= 11 is 0. The maximum absolute atomic E-state index is 12.9. The molecule has 2 aliphatic heterocycles. The third-order valence-electron chi connectivity index (χ3n) is 5.00. The van der Waals surface area contributed by atoms with Crippen molar-refractivity contribution < 1.29 is 4.79 Å². The van der Waals surface area contributed by atoms with Gasteiger partial charge in [0.1, 0.15) is 17.8 Å². The number of fused-ring (bicyclic) bond motifs is 3. The second-order valence-corrected chi connectivity index (χ2v) is 7.28. The Morgan fingerprint density at radius 2 is 2.12 bits per heavy atom. The van der Waals surface area contributed by atoms with Crippen LogP contribution in [0.25, 0.3) is 0 Å². The molecule has 0 aliphatic carbocycles. The van der Waals surface area contributed by atoms with Crippen LogP contribution in [-0.4, -0.2) is 47.2 Å². The Hall–Kier alpha value is -2.51. The standard InChI is InChI=1S/C17H22N6O2/c1-11(2)8-22-17(25)21-9-13-4-3-12(7-15(21)20-22)23(13)16(24)14-5-6-18-10-19-14/h5-6,10-13H,3-4,7-9H2,1-2H3. The minimum Gasteiger partial charge on any atom is -0.329 e. The number of hydrogen-bond acceptors (Lipinski definition) is 5. The highest BCUT2D eigenvalue weighted by Crippen LogP contribution is 2.31. The van der Waals surface area contributed by atoms with Crippen LogP contribution in [-0.2, 0) is 19.5 Å². The molecule has 2 aromatic heterocycles. The zero-order valence-corrected chi connectivity index (χ0v) is 14.5. The Bertz CT molecular complexity index is 841. The molecule has 0 N–H and O–H groups in total. The number of amides is 1. The number of rotatable bonds is 3. The highest BCUT2D eigenvalue weighted by molar-refractivity contribution is 5.92. The van der Waals surface area contributed by atoms with Gasteiger partial charge >= 0.3 is 5.69 Å². The largest absolute Gasteiger partial charge is 0.345 e. The van der Waals surface area contributed by atoms with Crippen LogP contribution in [0.1, 0.15) is 43.0 Å². The van der Waals surface area contributed by atoms with E-state index in [4.69, 9.17) is 0 Å². The van der Waals surface area contributed by atoms with Crippen molar-refractivity contribution in [2.75, 3.05) is 0 Å². The first kappa shape index (κ1) is 16.0. The molecule has 132 valence electrons. The maximum atomic E-state index is 12.9. The Morgan fingerprint density at radius 1 is 1.32 bits per heavy atom. The number of aromatic nitrogens is 5. The smallest absolute Gasteiger partial charge is 0.329 e. The second-order valence-electron chi connectivity index (χ2n) is 7.28. The molecule has 8 heteroatoms. The maximum Gasteiger partial charge on any atom is 0.345 e. The molecule has 0 aromatic carbocycles. The molecule has 2 aromatic rings. The molecule has 0 spiro atoms. The number of carbonyl (C=O) groups excluding carboxylic acids is 1. The normalized spacial score (nSPS) is 22.1. The quantitative estimate of drug-likeness (QED) is 0.820. The van der Waals surface area contributed by atoms with E-state index in [1.807, 2.05) is 4.90 Å².